The van der Waals surface area contributed by atoms with Crippen molar-refractivity contribution in [1.29, 1.82) is 5.26 Å². The van der Waals surface area contributed by atoms with Crippen LogP contribution in [0.15, 0.2) is 48.5 Å². The number of nitrogens with zero attached hydrogens (tertiary/aromatic N) is 3. The van der Waals surface area contributed by atoms with E-state index in [1.807, 2.05) is 47.9 Å². The van der Waals surface area contributed by atoms with Gasteiger partial charge in [-0.3, -0.25) is 4.79 Å². The highest BCUT2D eigenvalue weighted by Gasteiger charge is 2.47. The van der Waals surface area contributed by atoms with Gasteiger partial charge in [0.1, 0.15) is 0 Å². The third kappa shape index (κ3) is 4.01. The van der Waals surface area contributed by atoms with Crippen LogP contribution < -0.4 is 5.32 Å². The number of aryl methyl sites for hydroxylation is 1. The summed E-state index contributed by atoms with van der Waals surface area (Å²) in [6, 6.07) is 16.5. The Morgan fingerprint density at radius 2 is 1.70 bits per heavy atom. The number of carbonyl (C=O) groups excluding carboxylic acids is 2. The lowest BCUT2D eigenvalue weighted by Crippen LogP contribution is -2.54. The number of nitrogens with one attached hydrogen (secondary N) is 1. The van der Waals surface area contributed by atoms with Crippen LogP contribution in [0.2, 0.25) is 0 Å². The molecule has 2 saturated heterocycles. The summed E-state index contributed by atoms with van der Waals surface area (Å²) in [5.41, 5.74) is 3.09. The van der Waals surface area contributed by atoms with Crippen LogP contribution in [0.25, 0.3) is 0 Å². The molecular formula is C23H24N4O2S. The van der Waals surface area contributed by atoms with Crippen molar-refractivity contribution in [3.8, 4) is 6.07 Å². The van der Waals surface area contributed by atoms with E-state index in [4.69, 9.17) is 5.26 Å². The molecule has 0 atom stereocenters. The van der Waals surface area contributed by atoms with Gasteiger partial charge in [0.15, 0.2) is 0 Å². The van der Waals surface area contributed by atoms with Gasteiger partial charge in [0.2, 0.25) is 0 Å². The molecule has 2 aliphatic heterocycles. The molecule has 30 heavy (non-hydrogen) atoms. The summed E-state index contributed by atoms with van der Waals surface area (Å²) in [4.78, 5) is 29.4. The third-order valence-corrected chi connectivity index (χ3v) is 7.37. The molecule has 154 valence electrons. The number of hydrogen-bond donors (Lipinski definition) is 1. The Morgan fingerprint density at radius 1 is 1.03 bits per heavy atom. The Kier molecular flexibility index (Phi) is 5.69. The highest BCUT2D eigenvalue weighted by molar-refractivity contribution is 8.00. The maximum absolute atomic E-state index is 13.1. The van der Waals surface area contributed by atoms with Crippen molar-refractivity contribution in [2.45, 2.75) is 24.6 Å². The van der Waals surface area contributed by atoms with E-state index in [9.17, 15) is 9.59 Å². The fourth-order valence-electron chi connectivity index (χ4n) is 4.05. The Morgan fingerprint density at radius 3 is 2.33 bits per heavy atom. The van der Waals surface area contributed by atoms with E-state index in [1.165, 1.54) is 0 Å². The molecule has 0 aromatic heterocycles. The van der Waals surface area contributed by atoms with Gasteiger partial charge in [0, 0.05) is 36.6 Å². The van der Waals surface area contributed by atoms with E-state index >= 15 is 0 Å². The largest absolute Gasteiger partial charge is 0.324 e. The second-order valence-corrected chi connectivity index (χ2v) is 9.18. The van der Waals surface area contributed by atoms with Gasteiger partial charge in [-0.25, -0.2) is 4.79 Å². The molecule has 1 spiro atoms. The molecule has 0 aliphatic carbocycles. The maximum Gasteiger partial charge on any atom is 0.321 e. The number of anilines is 1. The van der Waals surface area contributed by atoms with E-state index in [0.717, 1.165) is 36.3 Å². The van der Waals surface area contributed by atoms with Gasteiger partial charge in [-0.1, -0.05) is 17.7 Å². The van der Waals surface area contributed by atoms with Crippen molar-refractivity contribution in [3.05, 3.63) is 65.2 Å². The minimum atomic E-state index is -0.229. The molecule has 2 heterocycles. The molecule has 4 rings (SSSR count). The topological polar surface area (TPSA) is 76.4 Å². The lowest BCUT2D eigenvalue weighted by molar-refractivity contribution is 0.0585. The summed E-state index contributed by atoms with van der Waals surface area (Å²) < 4.78 is 0. The van der Waals surface area contributed by atoms with Crippen LogP contribution in [0.1, 0.15) is 34.3 Å². The van der Waals surface area contributed by atoms with E-state index in [-0.39, 0.29) is 16.8 Å². The van der Waals surface area contributed by atoms with Crippen molar-refractivity contribution in [1.82, 2.24) is 9.80 Å². The van der Waals surface area contributed by atoms with Crippen LogP contribution in [0.3, 0.4) is 0 Å². The van der Waals surface area contributed by atoms with Gasteiger partial charge in [0.25, 0.3) is 5.91 Å². The highest BCUT2D eigenvalue weighted by Crippen LogP contribution is 2.44. The molecule has 7 heteroatoms. The molecule has 3 amide bonds. The number of benzene rings is 2. The molecule has 0 saturated carbocycles. The average Bonchev–Trinajstić information content (AvgIpc) is 3.17. The van der Waals surface area contributed by atoms with Gasteiger partial charge in [-0.05, 0) is 56.2 Å². The maximum atomic E-state index is 13.1. The van der Waals surface area contributed by atoms with Crippen molar-refractivity contribution in [2.75, 3.05) is 30.7 Å². The predicted molar refractivity (Wildman–Crippen MR) is 118 cm³/mol. The first-order chi connectivity index (χ1) is 14.5. The Bertz CT molecular complexity index is 974. The number of likely N-dealkylation sites (tertiary alicyclic amines) is 1. The Hall–Kier alpha value is -2.98. The summed E-state index contributed by atoms with van der Waals surface area (Å²) in [5.74, 6) is 1.00. The molecule has 0 unspecified atom stereocenters. The van der Waals surface area contributed by atoms with Crippen LogP contribution in [0.5, 0.6) is 0 Å². The lowest BCUT2D eigenvalue weighted by Gasteiger charge is -2.44. The zero-order valence-corrected chi connectivity index (χ0v) is 17.7. The van der Waals surface area contributed by atoms with Crippen LogP contribution in [-0.4, -0.2) is 52.0 Å². The Balaban J connectivity index is 1.39. The van der Waals surface area contributed by atoms with Crippen LogP contribution in [0, 0.1) is 18.3 Å². The molecule has 0 radical (unpaired) electrons. The summed E-state index contributed by atoms with van der Waals surface area (Å²) in [6.07, 6.45) is 1.52. The van der Waals surface area contributed by atoms with Gasteiger partial charge >= 0.3 is 6.03 Å². The number of carbonyl (C=O) groups is 2. The van der Waals surface area contributed by atoms with Crippen molar-refractivity contribution < 1.29 is 9.59 Å². The van der Waals surface area contributed by atoms with Gasteiger partial charge < -0.3 is 15.1 Å². The summed E-state index contributed by atoms with van der Waals surface area (Å²) in [5, 5.41) is 11.8. The molecule has 6 nitrogen and oxygen atoms in total. The SMILES string of the molecule is Cc1ccc(C(=O)N2CCSC23CCN(C(=O)Nc2ccc(C#N)cc2)CC3)cc1. The standard InChI is InChI=1S/C23H24N4O2S/c1-17-2-6-19(7-3-17)21(28)27-14-15-30-23(27)10-12-26(13-11-23)22(29)25-20-8-4-18(16-24)5-9-20/h2-9H,10-15H2,1H3,(H,25,29). The quantitative estimate of drug-likeness (QED) is 0.794. The normalized spacial score (nSPS) is 17.6. The number of thioether (sulfide) groups is 1. The number of hydrogen-bond acceptors (Lipinski definition) is 4. The molecule has 1 N–H and O–H groups in total. The number of rotatable bonds is 2. The predicted octanol–water partition coefficient (Wildman–Crippen LogP) is 4.08. The van der Waals surface area contributed by atoms with Gasteiger partial charge in [-0.15, -0.1) is 11.8 Å². The average molecular weight is 421 g/mol. The molecule has 0 bridgehead atoms. The molecule has 2 fully saturated rings. The Labute approximate surface area is 180 Å². The summed E-state index contributed by atoms with van der Waals surface area (Å²) in [7, 11) is 0. The smallest absolute Gasteiger partial charge is 0.321 e. The molecule has 2 aromatic rings. The molecule has 2 aromatic carbocycles. The van der Waals surface area contributed by atoms with E-state index < -0.39 is 0 Å². The minimum absolute atomic E-state index is 0.0792. The number of piperidine rings is 1. The number of amides is 3. The van der Waals surface area contributed by atoms with Gasteiger partial charge in [-0.2, -0.15) is 5.26 Å². The van der Waals surface area contributed by atoms with Crippen molar-refractivity contribution in [2.24, 2.45) is 0 Å². The minimum Gasteiger partial charge on any atom is -0.324 e. The second-order valence-electron chi connectivity index (χ2n) is 7.72. The van der Waals surface area contributed by atoms with E-state index in [2.05, 4.69) is 11.4 Å². The zero-order chi connectivity index (χ0) is 21.1. The fraction of sp³-hybridized carbons (Fsp3) is 0.348. The lowest BCUT2D eigenvalue weighted by atomic mass is 10.0. The second kappa shape index (κ2) is 8.41. The number of nitriles is 1. The van der Waals surface area contributed by atoms with Crippen molar-refractivity contribution >= 4 is 29.4 Å². The molecular weight excluding hydrogens is 396 g/mol. The van der Waals surface area contributed by atoms with Crippen molar-refractivity contribution in [3.63, 3.8) is 0 Å². The summed E-state index contributed by atoms with van der Waals surface area (Å²) in [6.45, 7) is 3.97. The van der Waals surface area contributed by atoms with Crippen LogP contribution in [0.4, 0.5) is 10.5 Å². The van der Waals surface area contributed by atoms with Crippen LogP contribution in [-0.2, 0) is 0 Å². The first-order valence-corrected chi connectivity index (χ1v) is 11.1. The highest BCUT2D eigenvalue weighted by atomic mass is 32.2. The molecule has 2 aliphatic rings. The first-order valence-electron chi connectivity index (χ1n) is 10.1. The summed E-state index contributed by atoms with van der Waals surface area (Å²) >= 11 is 1.84. The first kappa shape index (κ1) is 20.3. The van der Waals surface area contributed by atoms with Gasteiger partial charge in [0.05, 0.1) is 16.5 Å². The number of urea groups is 1. The monoisotopic (exact) mass is 420 g/mol. The van der Waals surface area contributed by atoms with E-state index in [1.54, 1.807) is 29.2 Å². The third-order valence-electron chi connectivity index (χ3n) is 5.82. The zero-order valence-electron chi connectivity index (χ0n) is 16.9. The van der Waals surface area contributed by atoms with Crippen LogP contribution >= 0.6 is 11.8 Å². The fourth-order valence-corrected chi connectivity index (χ4v) is 5.51. The van der Waals surface area contributed by atoms with E-state index in [0.29, 0.717) is 24.3 Å².